The minimum atomic E-state index is -0.538. The van der Waals surface area contributed by atoms with E-state index in [0.29, 0.717) is 12.2 Å². The van der Waals surface area contributed by atoms with Gasteiger partial charge >= 0.3 is 0 Å². The molecule has 1 aliphatic heterocycles. The number of nitrogens with zero attached hydrogens (tertiary/aromatic N) is 3. The summed E-state index contributed by atoms with van der Waals surface area (Å²) >= 11 is 0. The number of hydrogen-bond donors (Lipinski definition) is 1. The quantitative estimate of drug-likeness (QED) is 0.509. The fourth-order valence-corrected chi connectivity index (χ4v) is 2.71. The molecule has 0 radical (unpaired) electrons. The highest BCUT2D eigenvalue weighted by atomic mass is 16.6. The summed E-state index contributed by atoms with van der Waals surface area (Å²) in [7, 11) is 0. The number of pyridine rings is 1. The minimum absolute atomic E-state index is 0.119. The van der Waals surface area contributed by atoms with Crippen LogP contribution in [0.15, 0.2) is 42.7 Å². The van der Waals surface area contributed by atoms with E-state index in [9.17, 15) is 19.7 Å². The van der Waals surface area contributed by atoms with Crippen molar-refractivity contribution in [1.82, 2.24) is 4.98 Å². The number of nitro benzene ring substituents is 1. The highest BCUT2D eigenvalue weighted by Gasteiger charge is 2.37. The lowest BCUT2D eigenvalue weighted by Gasteiger charge is -2.15. The first-order valence-corrected chi connectivity index (χ1v) is 7.75. The average Bonchev–Trinajstić information content (AvgIpc) is 2.86. The lowest BCUT2D eigenvalue weighted by atomic mass is 10.1. The van der Waals surface area contributed by atoms with Crippen LogP contribution in [0, 0.1) is 16.0 Å². The molecule has 3 rings (SSSR count). The number of nitrogens with one attached hydrogen (secondary N) is 1. The molecule has 1 aliphatic rings. The fraction of sp³-hybridized carbons (Fsp3) is 0.235. The van der Waals surface area contributed by atoms with Crippen LogP contribution in [-0.4, -0.2) is 21.7 Å². The summed E-state index contributed by atoms with van der Waals surface area (Å²) in [5.41, 5.74) is 1.21. The molecule has 1 N–H and O–H groups in total. The van der Waals surface area contributed by atoms with Crippen LogP contribution < -0.4 is 10.2 Å². The van der Waals surface area contributed by atoms with Gasteiger partial charge in [-0.15, -0.1) is 0 Å². The molecule has 0 saturated carbocycles. The summed E-state index contributed by atoms with van der Waals surface area (Å²) < 4.78 is 0. The molecule has 1 aromatic heterocycles. The van der Waals surface area contributed by atoms with Crippen LogP contribution in [0.2, 0.25) is 0 Å². The van der Waals surface area contributed by atoms with E-state index in [-0.39, 0.29) is 29.6 Å². The van der Waals surface area contributed by atoms with E-state index in [2.05, 4.69) is 10.3 Å². The third-order valence-electron chi connectivity index (χ3n) is 4.01. The van der Waals surface area contributed by atoms with Crippen molar-refractivity contribution >= 4 is 28.9 Å². The monoisotopic (exact) mass is 340 g/mol. The van der Waals surface area contributed by atoms with Crippen LogP contribution in [0.4, 0.5) is 17.1 Å². The van der Waals surface area contributed by atoms with E-state index >= 15 is 0 Å². The van der Waals surface area contributed by atoms with Gasteiger partial charge in [0.2, 0.25) is 11.8 Å². The summed E-state index contributed by atoms with van der Waals surface area (Å²) in [6.07, 6.45) is 3.43. The summed E-state index contributed by atoms with van der Waals surface area (Å²) in [5, 5.41) is 14.4. The van der Waals surface area contributed by atoms with Gasteiger partial charge < -0.3 is 5.32 Å². The molecule has 2 amide bonds. The van der Waals surface area contributed by atoms with Gasteiger partial charge in [0.25, 0.3) is 5.69 Å². The first-order chi connectivity index (χ1) is 12.0. The van der Waals surface area contributed by atoms with E-state index < -0.39 is 10.8 Å². The first-order valence-electron chi connectivity index (χ1n) is 7.75. The van der Waals surface area contributed by atoms with Crippen LogP contribution in [0.1, 0.15) is 18.9 Å². The Kier molecular flexibility index (Phi) is 4.42. The van der Waals surface area contributed by atoms with Gasteiger partial charge in [0.05, 0.1) is 10.6 Å². The molecule has 1 atom stereocenters. The van der Waals surface area contributed by atoms with Crippen molar-refractivity contribution in [1.29, 1.82) is 0 Å². The molecule has 2 heterocycles. The summed E-state index contributed by atoms with van der Waals surface area (Å²) in [4.78, 5) is 40.0. The van der Waals surface area contributed by atoms with Gasteiger partial charge in [-0.05, 0) is 23.8 Å². The molecule has 0 spiro atoms. The SMILES string of the molecule is CC1CC(=O)N(c2ccc(NCc3cccnc3)c([N+](=O)[O-])c2)C1=O. The van der Waals surface area contributed by atoms with Gasteiger partial charge in [-0.1, -0.05) is 13.0 Å². The number of imide groups is 1. The molecule has 0 bridgehead atoms. The van der Waals surface area contributed by atoms with E-state index in [4.69, 9.17) is 0 Å². The molecule has 1 unspecified atom stereocenters. The Morgan fingerprint density at radius 3 is 2.76 bits per heavy atom. The Morgan fingerprint density at radius 1 is 1.36 bits per heavy atom. The van der Waals surface area contributed by atoms with Crippen LogP contribution in [-0.2, 0) is 16.1 Å². The van der Waals surface area contributed by atoms with Gasteiger partial charge in [0, 0.05) is 37.3 Å². The van der Waals surface area contributed by atoms with Crippen molar-refractivity contribution in [2.24, 2.45) is 5.92 Å². The number of hydrogen-bond acceptors (Lipinski definition) is 6. The second-order valence-electron chi connectivity index (χ2n) is 5.85. The smallest absolute Gasteiger partial charge is 0.294 e. The molecule has 1 fully saturated rings. The molecular weight excluding hydrogens is 324 g/mol. The zero-order valence-electron chi connectivity index (χ0n) is 13.5. The molecule has 1 saturated heterocycles. The largest absolute Gasteiger partial charge is 0.375 e. The van der Waals surface area contributed by atoms with Crippen LogP contribution >= 0.6 is 0 Å². The van der Waals surface area contributed by atoms with E-state index in [1.165, 1.54) is 18.2 Å². The minimum Gasteiger partial charge on any atom is -0.375 e. The maximum Gasteiger partial charge on any atom is 0.294 e. The van der Waals surface area contributed by atoms with Gasteiger partial charge in [0.1, 0.15) is 5.69 Å². The van der Waals surface area contributed by atoms with Crippen molar-refractivity contribution in [3.8, 4) is 0 Å². The van der Waals surface area contributed by atoms with E-state index in [0.717, 1.165) is 10.5 Å². The topological polar surface area (TPSA) is 105 Å². The normalized spacial score (nSPS) is 17.0. The Hall–Kier alpha value is -3.29. The zero-order chi connectivity index (χ0) is 18.0. The second-order valence-corrected chi connectivity index (χ2v) is 5.85. The third-order valence-corrected chi connectivity index (χ3v) is 4.01. The van der Waals surface area contributed by atoms with Crippen LogP contribution in [0.5, 0.6) is 0 Å². The standard InChI is InChI=1S/C17H16N4O4/c1-11-7-16(22)20(17(11)23)13-4-5-14(15(8-13)21(24)25)19-10-12-3-2-6-18-9-12/h2-6,8-9,11,19H,7,10H2,1H3. The van der Waals surface area contributed by atoms with E-state index in [1.807, 2.05) is 6.07 Å². The summed E-state index contributed by atoms with van der Waals surface area (Å²) in [6.45, 7) is 2.03. The maximum atomic E-state index is 12.1. The maximum absolute atomic E-state index is 12.1. The number of aromatic nitrogens is 1. The average molecular weight is 340 g/mol. The summed E-state index contributed by atoms with van der Waals surface area (Å²) in [6, 6.07) is 7.92. The fourth-order valence-electron chi connectivity index (χ4n) is 2.71. The predicted octanol–water partition coefficient (Wildman–Crippen LogP) is 2.50. The third kappa shape index (κ3) is 3.32. The number of amides is 2. The first kappa shape index (κ1) is 16.6. The van der Waals surface area contributed by atoms with Crippen LogP contribution in [0.25, 0.3) is 0 Å². The molecule has 8 nitrogen and oxygen atoms in total. The van der Waals surface area contributed by atoms with Crippen molar-refractivity contribution in [2.45, 2.75) is 19.9 Å². The van der Waals surface area contributed by atoms with Crippen LogP contribution in [0.3, 0.4) is 0 Å². The van der Waals surface area contributed by atoms with Gasteiger partial charge in [-0.2, -0.15) is 0 Å². The zero-order valence-corrected chi connectivity index (χ0v) is 13.5. The lowest BCUT2D eigenvalue weighted by Crippen LogP contribution is -2.30. The van der Waals surface area contributed by atoms with Crippen molar-refractivity contribution < 1.29 is 14.5 Å². The second kappa shape index (κ2) is 6.68. The Balaban J connectivity index is 1.87. The number of carbonyl (C=O) groups is 2. The number of benzene rings is 1. The highest BCUT2D eigenvalue weighted by molar-refractivity contribution is 6.21. The Morgan fingerprint density at radius 2 is 2.16 bits per heavy atom. The Labute approximate surface area is 143 Å². The van der Waals surface area contributed by atoms with Gasteiger partial charge in [-0.25, -0.2) is 0 Å². The number of nitro groups is 1. The molecule has 8 heteroatoms. The molecule has 25 heavy (non-hydrogen) atoms. The van der Waals surface area contributed by atoms with E-state index in [1.54, 1.807) is 25.4 Å². The van der Waals surface area contributed by atoms with Gasteiger partial charge in [0.15, 0.2) is 0 Å². The number of carbonyl (C=O) groups excluding carboxylic acids is 2. The number of anilines is 2. The number of rotatable bonds is 5. The molecule has 2 aromatic rings. The Bertz CT molecular complexity index is 838. The summed E-state index contributed by atoms with van der Waals surface area (Å²) in [5.74, 6) is -1.09. The van der Waals surface area contributed by atoms with Crippen molar-refractivity contribution in [3.63, 3.8) is 0 Å². The molecule has 128 valence electrons. The molecule has 1 aromatic carbocycles. The highest BCUT2D eigenvalue weighted by Crippen LogP contribution is 2.33. The van der Waals surface area contributed by atoms with Gasteiger partial charge in [-0.3, -0.25) is 29.6 Å². The molecule has 0 aliphatic carbocycles. The molecular formula is C17H16N4O4. The van der Waals surface area contributed by atoms with Crippen molar-refractivity contribution in [3.05, 3.63) is 58.4 Å². The lowest BCUT2D eigenvalue weighted by molar-refractivity contribution is -0.383. The predicted molar refractivity (Wildman–Crippen MR) is 90.9 cm³/mol. The van der Waals surface area contributed by atoms with Crippen molar-refractivity contribution in [2.75, 3.05) is 10.2 Å².